The first-order chi connectivity index (χ1) is 6.79. The van der Waals surface area contributed by atoms with Crippen molar-refractivity contribution in [3.63, 3.8) is 0 Å². The lowest BCUT2D eigenvalue weighted by Gasteiger charge is -2.13. The van der Waals surface area contributed by atoms with Gasteiger partial charge >= 0.3 is 0 Å². The van der Waals surface area contributed by atoms with Crippen LogP contribution in [-0.4, -0.2) is 5.91 Å². The van der Waals surface area contributed by atoms with Gasteiger partial charge in [-0.2, -0.15) is 0 Å². The molecule has 1 atom stereocenters. The molecule has 1 aliphatic rings. The summed E-state index contributed by atoms with van der Waals surface area (Å²) in [7, 11) is 0. The van der Waals surface area contributed by atoms with Gasteiger partial charge in [-0.1, -0.05) is 24.3 Å². The Balaban J connectivity index is 2.42. The molecule has 1 unspecified atom stereocenters. The van der Waals surface area contributed by atoms with Gasteiger partial charge in [0.2, 0.25) is 5.91 Å². The van der Waals surface area contributed by atoms with Crippen LogP contribution in [0, 0.1) is 6.42 Å². The van der Waals surface area contributed by atoms with Gasteiger partial charge in [-0.3, -0.25) is 4.79 Å². The van der Waals surface area contributed by atoms with Crippen LogP contribution in [0.1, 0.15) is 29.9 Å². The highest BCUT2D eigenvalue weighted by molar-refractivity contribution is 5.82. The van der Waals surface area contributed by atoms with E-state index in [0.29, 0.717) is 0 Å². The minimum absolute atomic E-state index is 0.124. The maximum atomic E-state index is 11.3. The van der Waals surface area contributed by atoms with Crippen LogP contribution < -0.4 is 5.73 Å². The second-order valence-electron chi connectivity index (χ2n) is 3.62. The maximum absolute atomic E-state index is 11.3. The number of hydrogen-bond donors (Lipinski definition) is 1. The fraction of sp³-hybridized carbons (Fsp3) is 0.333. The van der Waals surface area contributed by atoms with Crippen LogP contribution in [0.4, 0.5) is 0 Å². The van der Waals surface area contributed by atoms with E-state index in [9.17, 15) is 4.79 Å². The van der Waals surface area contributed by atoms with Crippen molar-refractivity contribution in [1.82, 2.24) is 0 Å². The Labute approximate surface area is 84.1 Å². The molecule has 0 saturated heterocycles. The number of nitrogens with two attached hydrogens (primary N) is 1. The summed E-state index contributed by atoms with van der Waals surface area (Å²) in [5.74, 6) is -0.345. The Kier molecular flexibility index (Phi) is 2.53. The van der Waals surface area contributed by atoms with Gasteiger partial charge in [0.15, 0.2) is 0 Å². The van der Waals surface area contributed by atoms with Crippen LogP contribution in [-0.2, 0) is 11.2 Å². The van der Waals surface area contributed by atoms with E-state index in [-0.39, 0.29) is 11.8 Å². The van der Waals surface area contributed by atoms with Gasteiger partial charge in [-0.15, -0.1) is 0 Å². The first-order valence-electron chi connectivity index (χ1n) is 4.87. The van der Waals surface area contributed by atoms with E-state index in [1.807, 2.05) is 24.3 Å². The molecule has 0 aliphatic heterocycles. The lowest BCUT2D eigenvalue weighted by molar-refractivity contribution is -0.119. The van der Waals surface area contributed by atoms with Crippen LogP contribution in [0.3, 0.4) is 0 Å². The molecule has 72 valence electrons. The smallest absolute Gasteiger partial charge is 0.224 e. The van der Waals surface area contributed by atoms with Gasteiger partial charge in [-0.25, -0.2) is 0 Å². The Hall–Kier alpha value is -1.31. The first-order valence-corrected chi connectivity index (χ1v) is 4.87. The zero-order valence-electron chi connectivity index (χ0n) is 7.99. The minimum atomic E-state index is -0.221. The number of primary amides is 1. The summed E-state index contributed by atoms with van der Waals surface area (Å²) < 4.78 is 0. The first kappa shape index (κ1) is 9.25. The fourth-order valence-corrected chi connectivity index (χ4v) is 1.96. The van der Waals surface area contributed by atoms with Crippen LogP contribution in [0.5, 0.6) is 0 Å². The van der Waals surface area contributed by atoms with E-state index >= 15 is 0 Å². The molecule has 2 heteroatoms. The van der Waals surface area contributed by atoms with Crippen molar-refractivity contribution in [2.24, 2.45) is 5.73 Å². The zero-order chi connectivity index (χ0) is 9.97. The number of carbonyl (C=O) groups excluding carboxylic acids is 1. The van der Waals surface area contributed by atoms with E-state index in [1.165, 1.54) is 5.56 Å². The number of benzene rings is 1. The van der Waals surface area contributed by atoms with Crippen molar-refractivity contribution >= 4 is 5.91 Å². The molecule has 0 spiro atoms. The normalized spacial score (nSPS) is 21.0. The third-order valence-electron chi connectivity index (χ3n) is 2.70. The molecule has 2 rings (SSSR count). The Morgan fingerprint density at radius 3 is 3.00 bits per heavy atom. The van der Waals surface area contributed by atoms with Gasteiger partial charge in [0.25, 0.3) is 0 Å². The molecular weight excluding hydrogens is 174 g/mol. The maximum Gasteiger partial charge on any atom is 0.224 e. The predicted molar refractivity (Wildman–Crippen MR) is 54.6 cm³/mol. The quantitative estimate of drug-likeness (QED) is 0.668. The molecule has 1 amide bonds. The topological polar surface area (TPSA) is 43.1 Å². The summed E-state index contributed by atoms with van der Waals surface area (Å²) >= 11 is 0. The summed E-state index contributed by atoms with van der Waals surface area (Å²) in [6, 6.07) is 7.99. The van der Waals surface area contributed by atoms with E-state index in [1.54, 1.807) is 0 Å². The molecule has 0 bridgehead atoms. The van der Waals surface area contributed by atoms with Gasteiger partial charge in [-0.05, 0) is 36.8 Å². The van der Waals surface area contributed by atoms with Gasteiger partial charge in [0.05, 0.1) is 5.92 Å². The molecule has 0 fully saturated rings. The average Bonchev–Trinajstić information content (AvgIpc) is 2.39. The number of amides is 1. The molecular formula is C12H13NO. The Morgan fingerprint density at radius 1 is 1.43 bits per heavy atom. The second-order valence-corrected chi connectivity index (χ2v) is 3.62. The fourth-order valence-electron chi connectivity index (χ4n) is 1.96. The van der Waals surface area contributed by atoms with Crippen LogP contribution in [0.2, 0.25) is 0 Å². The van der Waals surface area contributed by atoms with Crippen molar-refractivity contribution < 1.29 is 4.79 Å². The highest BCUT2D eigenvalue weighted by Crippen LogP contribution is 2.29. The molecule has 1 aromatic carbocycles. The molecule has 1 aliphatic carbocycles. The molecule has 0 aromatic heterocycles. The third kappa shape index (κ3) is 1.65. The summed E-state index contributed by atoms with van der Waals surface area (Å²) in [4.78, 5) is 11.3. The standard InChI is InChI=1S/C12H13NO/c13-12(14)11-8-4-2-6-9-5-1-3-7-10(9)11/h1,3,5,7,11H,4,6,8H2,(H2,13,14). The van der Waals surface area contributed by atoms with Crippen molar-refractivity contribution in [3.05, 3.63) is 41.8 Å². The molecule has 0 saturated carbocycles. The Bertz CT molecular complexity index is 346. The molecule has 0 heterocycles. The van der Waals surface area contributed by atoms with E-state index in [4.69, 9.17) is 5.73 Å². The van der Waals surface area contributed by atoms with Crippen LogP contribution in [0.15, 0.2) is 24.3 Å². The van der Waals surface area contributed by atoms with E-state index < -0.39 is 0 Å². The Morgan fingerprint density at radius 2 is 2.21 bits per heavy atom. The lowest BCUT2D eigenvalue weighted by atomic mass is 9.92. The summed E-state index contributed by atoms with van der Waals surface area (Å²) in [5, 5.41) is 0. The largest absolute Gasteiger partial charge is 0.369 e. The minimum Gasteiger partial charge on any atom is -0.369 e. The monoisotopic (exact) mass is 187 g/mol. The molecule has 14 heavy (non-hydrogen) atoms. The molecule has 2 radical (unpaired) electrons. The van der Waals surface area contributed by atoms with Gasteiger partial charge in [0.1, 0.15) is 0 Å². The summed E-state index contributed by atoms with van der Waals surface area (Å²) in [6.07, 6.45) is 5.76. The number of hydrogen-bond acceptors (Lipinski definition) is 1. The second kappa shape index (κ2) is 3.82. The highest BCUT2D eigenvalue weighted by Gasteiger charge is 2.22. The number of fused-ring (bicyclic) bond motifs is 1. The predicted octanol–water partition coefficient (Wildman–Crippen LogP) is 1.67. The van der Waals surface area contributed by atoms with Crippen LogP contribution in [0.25, 0.3) is 0 Å². The van der Waals surface area contributed by atoms with Crippen molar-refractivity contribution in [1.29, 1.82) is 0 Å². The van der Waals surface area contributed by atoms with Gasteiger partial charge < -0.3 is 5.73 Å². The summed E-state index contributed by atoms with van der Waals surface area (Å²) in [5.41, 5.74) is 7.66. The molecule has 2 N–H and O–H groups in total. The van der Waals surface area contributed by atoms with E-state index in [2.05, 4.69) is 6.42 Å². The lowest BCUT2D eigenvalue weighted by Crippen LogP contribution is -2.21. The van der Waals surface area contributed by atoms with E-state index in [0.717, 1.165) is 24.8 Å². The van der Waals surface area contributed by atoms with Gasteiger partial charge in [0, 0.05) is 0 Å². The molecule has 1 aromatic rings. The van der Waals surface area contributed by atoms with Crippen LogP contribution >= 0.6 is 0 Å². The SMILES string of the molecule is NC(=O)C1CC[C]Cc2ccccc21. The van der Waals surface area contributed by atoms with Crippen molar-refractivity contribution in [2.45, 2.75) is 25.2 Å². The summed E-state index contributed by atoms with van der Waals surface area (Å²) in [6.45, 7) is 0. The number of rotatable bonds is 1. The number of carbonyl (C=O) groups is 1. The highest BCUT2D eigenvalue weighted by atomic mass is 16.1. The zero-order valence-corrected chi connectivity index (χ0v) is 7.99. The van der Waals surface area contributed by atoms with Crippen molar-refractivity contribution in [3.8, 4) is 0 Å². The molecule has 2 nitrogen and oxygen atoms in total. The average molecular weight is 187 g/mol. The van der Waals surface area contributed by atoms with Crippen molar-refractivity contribution in [2.75, 3.05) is 0 Å². The third-order valence-corrected chi connectivity index (χ3v) is 2.70.